The van der Waals surface area contributed by atoms with Gasteiger partial charge in [-0.15, -0.1) is 0 Å². The first-order valence-corrected chi connectivity index (χ1v) is 5.83. The van der Waals surface area contributed by atoms with Crippen LogP contribution in [0.25, 0.3) is 0 Å². The summed E-state index contributed by atoms with van der Waals surface area (Å²) in [4.78, 5) is 21.6. The molecule has 0 aliphatic heterocycles. The molecule has 9 N–H and O–H groups in total. The summed E-state index contributed by atoms with van der Waals surface area (Å²) in [5, 5.41) is 52.2. The molecule has 0 radical (unpaired) electrons. The molecule has 114 valence electrons. The first kappa shape index (κ1) is 29.4. The average molecular weight is 364 g/mol. The van der Waals surface area contributed by atoms with Crippen molar-refractivity contribution >= 4 is 83.3 Å². The van der Waals surface area contributed by atoms with Crippen LogP contribution in [0.15, 0.2) is 0 Å². The Hall–Kier alpha value is 2.39. The van der Waals surface area contributed by atoms with Crippen LogP contribution in [0, 0.1) is 0 Å². The van der Waals surface area contributed by atoms with Crippen molar-refractivity contribution in [2.75, 3.05) is 13.2 Å². The summed E-state index contributed by atoms with van der Waals surface area (Å²) in [6.07, 6.45) is -6.39. The minimum Gasteiger partial charge on any atom is -1.00 e. The van der Waals surface area contributed by atoms with E-state index in [0.29, 0.717) is 0 Å². The van der Waals surface area contributed by atoms with Crippen LogP contribution in [0.2, 0.25) is 0 Å². The van der Waals surface area contributed by atoms with Crippen molar-refractivity contribution in [3.8, 4) is 0 Å². The molecule has 4 atom stereocenters. The van der Waals surface area contributed by atoms with Gasteiger partial charge >= 0.3 is 83.3 Å². The van der Waals surface area contributed by atoms with E-state index >= 15 is 0 Å². The molecule has 0 aliphatic rings. The normalized spacial score (nSPS) is 16.7. The molecule has 10 nitrogen and oxygen atoms in total. The standard InChI is InChI=1S/C6H14O6.2Ca.H3O4P.4H/c7-1-3(9)5(11)6(12)4(10)2-8;;;1-5(2,3)4;;;;/h3-12H,1-2H2;;;(H3,1,2,3,4);;;;/q;2*+2;;4*-1. The summed E-state index contributed by atoms with van der Waals surface area (Å²) in [6, 6.07) is 0. The van der Waals surface area contributed by atoms with Crippen molar-refractivity contribution in [2.45, 2.75) is 24.4 Å². The second-order valence-corrected chi connectivity index (χ2v) is 4.02. The van der Waals surface area contributed by atoms with Crippen LogP contribution in [-0.2, 0) is 4.57 Å². The maximum atomic E-state index is 8.96. The van der Waals surface area contributed by atoms with Crippen molar-refractivity contribution in [1.82, 2.24) is 0 Å². The number of hydrogen-bond donors (Lipinski definition) is 9. The quantitative estimate of drug-likeness (QED) is 0.168. The van der Waals surface area contributed by atoms with E-state index in [4.69, 9.17) is 49.9 Å². The molecule has 0 bridgehead atoms. The summed E-state index contributed by atoms with van der Waals surface area (Å²) >= 11 is 0. The number of hydrogen-bond acceptors (Lipinski definition) is 7. The van der Waals surface area contributed by atoms with Crippen molar-refractivity contribution < 1.29 is 55.6 Å². The fraction of sp³-hybridized carbons (Fsp3) is 1.00. The molecule has 0 aromatic heterocycles. The third kappa shape index (κ3) is 20.4. The van der Waals surface area contributed by atoms with Gasteiger partial charge in [-0.05, 0) is 0 Å². The smallest absolute Gasteiger partial charge is 1.00 e. The van der Waals surface area contributed by atoms with Gasteiger partial charge in [-0.3, -0.25) is 0 Å². The minimum atomic E-state index is -4.64. The molecule has 0 aromatic carbocycles. The fourth-order valence-corrected chi connectivity index (χ4v) is 0.671. The third-order valence-corrected chi connectivity index (χ3v) is 1.51. The molecule has 0 rings (SSSR count). The van der Waals surface area contributed by atoms with Crippen molar-refractivity contribution in [3.05, 3.63) is 0 Å². The van der Waals surface area contributed by atoms with Crippen molar-refractivity contribution in [3.63, 3.8) is 0 Å². The third-order valence-electron chi connectivity index (χ3n) is 1.51. The number of rotatable bonds is 5. The van der Waals surface area contributed by atoms with E-state index in [1.807, 2.05) is 0 Å². The zero-order valence-corrected chi connectivity index (χ0v) is 15.3. The monoisotopic (exact) mass is 364 g/mol. The van der Waals surface area contributed by atoms with Gasteiger partial charge in [0.05, 0.1) is 13.2 Å². The van der Waals surface area contributed by atoms with Crippen LogP contribution < -0.4 is 0 Å². The van der Waals surface area contributed by atoms with E-state index in [0.717, 1.165) is 0 Å². The molecule has 0 saturated carbocycles. The molecule has 0 heterocycles. The molecule has 4 unspecified atom stereocenters. The van der Waals surface area contributed by atoms with E-state index in [9.17, 15) is 0 Å². The van der Waals surface area contributed by atoms with Gasteiger partial charge in [0, 0.05) is 0 Å². The summed E-state index contributed by atoms with van der Waals surface area (Å²) in [7, 11) is -4.64. The molecule has 0 saturated heterocycles. The largest absolute Gasteiger partial charge is 2.00 e. The summed E-state index contributed by atoms with van der Waals surface area (Å²) < 4.78 is 8.88. The maximum Gasteiger partial charge on any atom is 2.00 e. The van der Waals surface area contributed by atoms with Gasteiger partial charge in [-0.1, -0.05) is 0 Å². The first-order chi connectivity index (χ1) is 7.54. The Morgan fingerprint density at radius 2 is 0.947 bits per heavy atom. The van der Waals surface area contributed by atoms with Gasteiger partial charge in [0.15, 0.2) is 0 Å². The Morgan fingerprint density at radius 3 is 1.05 bits per heavy atom. The first-order valence-electron chi connectivity index (χ1n) is 4.26. The number of aliphatic hydroxyl groups excluding tert-OH is 6. The van der Waals surface area contributed by atoms with Crippen molar-refractivity contribution in [1.29, 1.82) is 0 Å². The Morgan fingerprint density at radius 1 is 0.789 bits per heavy atom. The van der Waals surface area contributed by atoms with E-state index in [2.05, 4.69) is 0 Å². The van der Waals surface area contributed by atoms with E-state index in [1.54, 1.807) is 0 Å². The van der Waals surface area contributed by atoms with Gasteiger partial charge in [0.25, 0.3) is 0 Å². The molecule has 0 spiro atoms. The number of aliphatic hydroxyl groups is 6. The average Bonchev–Trinajstić information content (AvgIpc) is 2.22. The molecular weight excluding hydrogens is 343 g/mol. The van der Waals surface area contributed by atoms with Gasteiger partial charge in [-0.2, -0.15) is 0 Å². The SMILES string of the molecule is O=P(O)(O)O.OCC(O)C(O)C(O)C(O)CO.[Ca+2].[Ca+2].[H-].[H-].[H-].[H-]. The van der Waals surface area contributed by atoms with Crippen LogP contribution in [0.3, 0.4) is 0 Å². The van der Waals surface area contributed by atoms with Gasteiger partial charge in [0.2, 0.25) is 0 Å². The predicted molar refractivity (Wildman–Crippen MR) is 68.4 cm³/mol. The molecule has 0 aliphatic carbocycles. The van der Waals surface area contributed by atoms with Crippen molar-refractivity contribution in [2.24, 2.45) is 0 Å². The predicted octanol–water partition coefficient (Wildman–Crippen LogP) is -4.83. The van der Waals surface area contributed by atoms with Crippen LogP contribution in [0.4, 0.5) is 0 Å². The topological polar surface area (TPSA) is 199 Å². The zero-order chi connectivity index (χ0) is 14.2. The van der Waals surface area contributed by atoms with Gasteiger partial charge in [-0.25, -0.2) is 4.57 Å². The zero-order valence-electron chi connectivity index (χ0n) is 14.0. The summed E-state index contributed by atoms with van der Waals surface area (Å²) in [5.41, 5.74) is 0. The van der Waals surface area contributed by atoms with Gasteiger partial charge in [0.1, 0.15) is 24.4 Å². The molecule has 13 heteroatoms. The Labute approximate surface area is 174 Å². The molecule has 19 heavy (non-hydrogen) atoms. The van der Waals surface area contributed by atoms with Gasteiger partial charge < -0.3 is 51.0 Å². The second-order valence-electron chi connectivity index (χ2n) is 2.99. The molecule has 0 aromatic rings. The Kier molecular flexibility index (Phi) is 23.7. The minimum absolute atomic E-state index is 0. The van der Waals surface area contributed by atoms with Crippen LogP contribution >= 0.6 is 7.82 Å². The van der Waals surface area contributed by atoms with Crippen LogP contribution in [0.5, 0.6) is 0 Å². The summed E-state index contributed by atoms with van der Waals surface area (Å²) in [5.74, 6) is 0. The second kappa shape index (κ2) is 15.3. The Bertz CT molecular complexity index is 231. The van der Waals surface area contributed by atoms with E-state index < -0.39 is 45.5 Å². The summed E-state index contributed by atoms with van der Waals surface area (Å²) in [6.45, 7) is -1.45. The van der Waals surface area contributed by atoms with E-state index in [-0.39, 0.29) is 81.2 Å². The molecular formula is C6H21Ca2O10P. The Balaban J connectivity index is -0.0000000306. The van der Waals surface area contributed by atoms with E-state index in [1.165, 1.54) is 0 Å². The number of phosphoric acid groups is 1. The maximum absolute atomic E-state index is 8.96. The van der Waals surface area contributed by atoms with Crippen LogP contribution in [0.1, 0.15) is 5.71 Å². The molecule has 0 fully saturated rings. The fourth-order valence-electron chi connectivity index (χ4n) is 0.671. The van der Waals surface area contributed by atoms with Crippen LogP contribution in [-0.4, -0.2) is 158 Å². The molecule has 0 amide bonds.